The monoisotopic (exact) mass is 324 g/mol. The largest absolute Gasteiger partial charge is 0.504 e. The van der Waals surface area contributed by atoms with E-state index in [9.17, 15) is 15.0 Å². The zero-order valence-electron chi connectivity index (χ0n) is 13.7. The maximum Gasteiger partial charge on any atom is 0.234 e. The van der Waals surface area contributed by atoms with E-state index in [4.69, 9.17) is 5.73 Å². The second kappa shape index (κ2) is 5.92. The summed E-state index contributed by atoms with van der Waals surface area (Å²) in [5.74, 6) is -0.631. The van der Waals surface area contributed by atoms with Gasteiger partial charge in [-0.1, -0.05) is 13.0 Å². The minimum atomic E-state index is -0.277. The summed E-state index contributed by atoms with van der Waals surface area (Å²) < 4.78 is 1.71. The average Bonchev–Trinajstić information content (AvgIpc) is 2.85. The molecular weight excluding hydrogens is 304 g/mol. The van der Waals surface area contributed by atoms with Gasteiger partial charge in [0.05, 0.1) is 5.52 Å². The highest BCUT2D eigenvalue weighted by Crippen LogP contribution is 2.27. The van der Waals surface area contributed by atoms with Gasteiger partial charge in [-0.3, -0.25) is 9.36 Å². The van der Waals surface area contributed by atoms with Crippen LogP contribution in [0.25, 0.3) is 10.9 Å². The Morgan fingerprint density at radius 1 is 1.12 bits per heavy atom. The van der Waals surface area contributed by atoms with E-state index in [1.807, 2.05) is 32.0 Å². The quantitative estimate of drug-likeness (QED) is 0.508. The number of carbonyl (C=O) groups excluding carboxylic acids is 1. The Labute approximate surface area is 140 Å². The number of fused-ring (bicyclic) bond motifs is 1. The van der Waals surface area contributed by atoms with Gasteiger partial charge in [0.25, 0.3) is 0 Å². The van der Waals surface area contributed by atoms with Crippen molar-refractivity contribution >= 4 is 22.5 Å². The Balaban J connectivity index is 1.90. The van der Waals surface area contributed by atoms with Crippen molar-refractivity contribution in [3.8, 4) is 11.5 Å². The van der Waals surface area contributed by atoms with Gasteiger partial charge in [0.1, 0.15) is 0 Å². The number of aromatic hydroxyl groups is 2. The molecule has 0 aliphatic carbocycles. The predicted molar refractivity (Wildman–Crippen MR) is 94.4 cm³/mol. The molecule has 24 heavy (non-hydrogen) atoms. The lowest BCUT2D eigenvalue weighted by molar-refractivity contribution is 0.0848. The van der Waals surface area contributed by atoms with Gasteiger partial charge in [0.15, 0.2) is 11.5 Å². The van der Waals surface area contributed by atoms with E-state index in [-0.39, 0.29) is 23.3 Å². The van der Waals surface area contributed by atoms with E-state index < -0.39 is 0 Å². The smallest absolute Gasteiger partial charge is 0.234 e. The molecule has 1 heterocycles. The molecule has 0 aliphatic heterocycles. The fraction of sp³-hybridized carbons (Fsp3) is 0.211. The molecule has 0 aliphatic rings. The van der Waals surface area contributed by atoms with Crippen molar-refractivity contribution in [2.75, 3.05) is 5.73 Å². The van der Waals surface area contributed by atoms with Crippen LogP contribution in [-0.4, -0.2) is 20.7 Å². The number of phenols is 2. The molecule has 0 radical (unpaired) electrons. The second-order valence-electron chi connectivity index (χ2n) is 6.21. The number of nitrogens with zero attached hydrogens (tertiary/aromatic N) is 1. The van der Waals surface area contributed by atoms with Crippen molar-refractivity contribution < 1.29 is 15.0 Å². The van der Waals surface area contributed by atoms with E-state index in [0.717, 1.165) is 22.2 Å². The molecule has 2 aromatic carbocycles. The molecule has 5 heteroatoms. The van der Waals surface area contributed by atoms with Crippen LogP contribution in [0.4, 0.5) is 5.69 Å². The van der Waals surface area contributed by atoms with Gasteiger partial charge in [-0.15, -0.1) is 0 Å². The first-order chi connectivity index (χ1) is 11.4. The molecule has 0 saturated carbocycles. The van der Waals surface area contributed by atoms with Crippen LogP contribution >= 0.6 is 0 Å². The number of carbonyl (C=O) groups is 1. The molecule has 5 nitrogen and oxygen atoms in total. The Morgan fingerprint density at radius 3 is 2.58 bits per heavy atom. The first kappa shape index (κ1) is 15.9. The molecule has 0 fully saturated rings. The fourth-order valence-corrected chi connectivity index (χ4v) is 3.02. The third kappa shape index (κ3) is 2.80. The van der Waals surface area contributed by atoms with E-state index in [0.29, 0.717) is 12.1 Å². The van der Waals surface area contributed by atoms with Gasteiger partial charge in [0, 0.05) is 22.7 Å². The Kier molecular flexibility index (Phi) is 3.93. The minimum absolute atomic E-state index is 0.0140. The molecular formula is C19H20N2O3. The zero-order chi connectivity index (χ0) is 17.4. The maximum absolute atomic E-state index is 12.9. The van der Waals surface area contributed by atoms with Crippen LogP contribution in [0, 0.1) is 12.8 Å². The maximum atomic E-state index is 12.9. The molecule has 1 aromatic heterocycles. The lowest BCUT2D eigenvalue weighted by Crippen LogP contribution is -2.22. The number of aromatic nitrogens is 1. The van der Waals surface area contributed by atoms with Crippen molar-refractivity contribution in [1.82, 2.24) is 4.57 Å². The number of phenolic OH excluding ortho intramolecular Hbond substituents is 2. The lowest BCUT2D eigenvalue weighted by atomic mass is 9.99. The number of anilines is 1. The van der Waals surface area contributed by atoms with Gasteiger partial charge in [-0.2, -0.15) is 0 Å². The molecule has 3 rings (SSSR count). The summed E-state index contributed by atoms with van der Waals surface area (Å²) in [5.41, 5.74) is 8.97. The van der Waals surface area contributed by atoms with Crippen molar-refractivity contribution in [3.63, 3.8) is 0 Å². The van der Waals surface area contributed by atoms with Crippen LogP contribution in [0.2, 0.25) is 0 Å². The minimum Gasteiger partial charge on any atom is -0.504 e. The van der Waals surface area contributed by atoms with Crippen LogP contribution < -0.4 is 5.73 Å². The molecule has 0 saturated heterocycles. The third-order valence-corrected chi connectivity index (χ3v) is 4.23. The summed E-state index contributed by atoms with van der Waals surface area (Å²) in [5, 5.41) is 19.9. The van der Waals surface area contributed by atoms with Crippen LogP contribution in [0.1, 0.15) is 23.0 Å². The highest BCUT2D eigenvalue weighted by molar-refractivity contribution is 5.95. The number of hydrogen-bond acceptors (Lipinski definition) is 4. The third-order valence-electron chi connectivity index (χ3n) is 4.23. The van der Waals surface area contributed by atoms with Gasteiger partial charge < -0.3 is 15.9 Å². The van der Waals surface area contributed by atoms with E-state index >= 15 is 0 Å². The summed E-state index contributed by atoms with van der Waals surface area (Å²) in [6, 6.07) is 12.1. The molecule has 0 spiro atoms. The molecule has 0 bridgehead atoms. The molecule has 4 N–H and O–H groups in total. The van der Waals surface area contributed by atoms with Crippen LogP contribution in [0.15, 0.2) is 42.5 Å². The topological polar surface area (TPSA) is 88.5 Å². The SMILES string of the molecule is Cc1cc2cc(N)ccc2n1C(=O)C(C)Cc1ccc(O)c(O)c1. The number of nitrogens with two attached hydrogens (primary N) is 1. The van der Waals surface area contributed by atoms with Crippen LogP contribution in [0.3, 0.4) is 0 Å². The molecule has 1 unspecified atom stereocenters. The summed E-state index contributed by atoms with van der Waals surface area (Å²) in [6.07, 6.45) is 0.473. The number of nitrogen functional groups attached to an aromatic ring is 1. The second-order valence-corrected chi connectivity index (χ2v) is 6.21. The van der Waals surface area contributed by atoms with Gasteiger partial charge >= 0.3 is 0 Å². The normalized spacial score (nSPS) is 12.4. The summed E-state index contributed by atoms with van der Waals surface area (Å²) in [4.78, 5) is 12.9. The molecule has 3 aromatic rings. The number of aryl methyl sites for hydroxylation is 1. The van der Waals surface area contributed by atoms with E-state index in [1.165, 1.54) is 12.1 Å². The molecule has 124 valence electrons. The first-order valence-corrected chi connectivity index (χ1v) is 7.79. The summed E-state index contributed by atoms with van der Waals surface area (Å²) in [7, 11) is 0. The summed E-state index contributed by atoms with van der Waals surface area (Å²) >= 11 is 0. The van der Waals surface area contributed by atoms with Crippen molar-refractivity contribution in [2.24, 2.45) is 5.92 Å². The van der Waals surface area contributed by atoms with Gasteiger partial charge in [0.2, 0.25) is 5.91 Å². The Bertz CT molecular complexity index is 928. The number of benzene rings is 2. The Hall–Kier alpha value is -2.95. The van der Waals surface area contributed by atoms with E-state index in [1.54, 1.807) is 16.7 Å². The van der Waals surface area contributed by atoms with Crippen molar-refractivity contribution in [3.05, 3.63) is 53.7 Å². The number of hydrogen-bond donors (Lipinski definition) is 3. The van der Waals surface area contributed by atoms with Gasteiger partial charge in [-0.25, -0.2) is 0 Å². The highest BCUT2D eigenvalue weighted by Gasteiger charge is 2.20. The van der Waals surface area contributed by atoms with Gasteiger partial charge in [-0.05, 0) is 55.3 Å². The Morgan fingerprint density at radius 2 is 1.88 bits per heavy atom. The van der Waals surface area contributed by atoms with Crippen LogP contribution in [0.5, 0.6) is 11.5 Å². The molecule has 1 atom stereocenters. The predicted octanol–water partition coefficient (Wildman–Crippen LogP) is 3.46. The van der Waals surface area contributed by atoms with Crippen LogP contribution in [-0.2, 0) is 6.42 Å². The molecule has 0 amide bonds. The van der Waals surface area contributed by atoms with Crippen molar-refractivity contribution in [2.45, 2.75) is 20.3 Å². The lowest BCUT2D eigenvalue weighted by Gasteiger charge is -2.14. The first-order valence-electron chi connectivity index (χ1n) is 7.79. The summed E-state index contributed by atoms with van der Waals surface area (Å²) in [6.45, 7) is 3.75. The average molecular weight is 324 g/mol. The fourth-order valence-electron chi connectivity index (χ4n) is 3.02. The number of rotatable bonds is 3. The highest BCUT2D eigenvalue weighted by atomic mass is 16.3. The van der Waals surface area contributed by atoms with E-state index in [2.05, 4.69) is 0 Å². The van der Waals surface area contributed by atoms with Crippen molar-refractivity contribution in [1.29, 1.82) is 0 Å². The standard InChI is InChI=1S/C19H20N2O3/c1-11(7-13-3-6-17(22)18(23)9-13)19(24)21-12(2)8-14-10-15(20)4-5-16(14)21/h3-6,8-11,22-23H,7,20H2,1-2H3. The zero-order valence-corrected chi connectivity index (χ0v) is 13.7.